The second-order valence-corrected chi connectivity index (χ2v) is 7.24. The molecule has 8 nitrogen and oxygen atoms in total. The van der Waals surface area contributed by atoms with Crippen LogP contribution < -0.4 is 22.1 Å². The van der Waals surface area contributed by atoms with E-state index in [-0.39, 0.29) is 11.6 Å². The number of rotatable bonds is 8. The summed E-state index contributed by atoms with van der Waals surface area (Å²) in [6, 6.07) is 2.01. The van der Waals surface area contributed by atoms with Crippen molar-refractivity contribution >= 4 is 34.5 Å². The summed E-state index contributed by atoms with van der Waals surface area (Å²) in [5, 5.41) is 15.2. The molecule has 2 aromatic rings. The molecule has 0 bridgehead atoms. The molecule has 0 radical (unpaired) electrons. The van der Waals surface area contributed by atoms with Gasteiger partial charge in [0.1, 0.15) is 5.65 Å². The second kappa shape index (κ2) is 8.92. The number of nitrogens with two attached hydrogens (primary N) is 1. The molecule has 0 aliphatic heterocycles. The normalized spacial score (nSPS) is 14.1. The monoisotopic (exact) mass is 387 g/mol. The maximum atomic E-state index is 12.4. The summed E-state index contributed by atoms with van der Waals surface area (Å²) in [6.07, 6.45) is 10.6. The summed E-state index contributed by atoms with van der Waals surface area (Å²) in [5.41, 5.74) is 7.90. The molecule has 0 atom stereocenters. The van der Waals surface area contributed by atoms with Crippen molar-refractivity contribution in [2.75, 3.05) is 25.9 Å². The lowest BCUT2D eigenvalue weighted by molar-refractivity contribution is 0.655. The van der Waals surface area contributed by atoms with E-state index >= 15 is 0 Å². The Labute approximate surface area is 161 Å². The second-order valence-electron chi connectivity index (χ2n) is 6.39. The van der Waals surface area contributed by atoms with Crippen LogP contribution in [0.1, 0.15) is 19.3 Å². The molecule has 0 saturated heterocycles. The molecule has 3 rings (SSSR count). The molecule has 0 saturated carbocycles. The lowest BCUT2D eigenvalue weighted by Gasteiger charge is -2.16. The van der Waals surface area contributed by atoms with Gasteiger partial charge >= 0.3 is 5.69 Å². The number of H-pyrrole nitrogens is 1. The van der Waals surface area contributed by atoms with Crippen LogP contribution in [0.5, 0.6) is 0 Å². The molecule has 0 aromatic carbocycles. The Bertz CT molecular complexity index is 941. The third kappa shape index (κ3) is 5.01. The molecule has 6 N–H and O–H groups in total. The largest absolute Gasteiger partial charge is 0.370 e. The number of nitrogens with one attached hydrogen (secondary N) is 4. The zero-order chi connectivity index (χ0) is 19.2. The number of aromatic nitrogens is 3. The first-order valence-corrected chi connectivity index (χ1v) is 10.1. The van der Waals surface area contributed by atoms with Crippen LogP contribution in [0.25, 0.3) is 16.7 Å². The van der Waals surface area contributed by atoms with Crippen LogP contribution in [-0.4, -0.2) is 46.4 Å². The van der Waals surface area contributed by atoms with Crippen molar-refractivity contribution < 1.29 is 0 Å². The fraction of sp³-hybridized carbons (Fsp3) is 0.389. The Kier molecular flexibility index (Phi) is 6.36. The van der Waals surface area contributed by atoms with Crippen LogP contribution in [0.15, 0.2) is 39.8 Å². The number of hydrogen-bond donors (Lipinski definition) is 5. The molecular formula is C18H25N7OS. The Morgan fingerprint density at radius 2 is 2.26 bits per heavy atom. The van der Waals surface area contributed by atoms with Crippen LogP contribution in [0.4, 0.5) is 0 Å². The standard InChI is InChI=1S/C18H25N7OS/c1-27-15-9-13-11-25(18(26)24-16(13)23-15)14-5-3-12(4-6-14)10-21-7-2-8-22-17(19)20/h3,5,9,11,21H,2,4,6-8,10H2,1H3,(H4,19,20,22)(H,23,24,26). The molecule has 0 unspecified atom stereocenters. The van der Waals surface area contributed by atoms with Crippen molar-refractivity contribution in [3.8, 4) is 0 Å². The van der Waals surface area contributed by atoms with Crippen molar-refractivity contribution in [1.82, 2.24) is 25.2 Å². The number of allylic oxidation sites excluding steroid dienone is 3. The van der Waals surface area contributed by atoms with E-state index in [2.05, 4.69) is 26.7 Å². The highest BCUT2D eigenvalue weighted by Crippen LogP contribution is 2.23. The van der Waals surface area contributed by atoms with Crippen LogP contribution in [0.2, 0.25) is 0 Å². The Hall–Kier alpha value is -2.52. The molecule has 1 aliphatic carbocycles. The average molecular weight is 388 g/mol. The Morgan fingerprint density at radius 1 is 1.41 bits per heavy atom. The zero-order valence-corrected chi connectivity index (χ0v) is 16.2. The van der Waals surface area contributed by atoms with E-state index in [1.54, 1.807) is 16.3 Å². The maximum Gasteiger partial charge on any atom is 0.353 e. The van der Waals surface area contributed by atoms with Gasteiger partial charge in [0.05, 0.1) is 5.03 Å². The van der Waals surface area contributed by atoms with Crippen LogP contribution >= 0.6 is 11.8 Å². The fourth-order valence-electron chi connectivity index (χ4n) is 2.99. The summed E-state index contributed by atoms with van der Waals surface area (Å²) in [4.78, 5) is 19.7. The highest BCUT2D eigenvalue weighted by Gasteiger charge is 2.12. The first-order chi connectivity index (χ1) is 13.1. The van der Waals surface area contributed by atoms with Crippen LogP contribution in [-0.2, 0) is 0 Å². The van der Waals surface area contributed by atoms with Gasteiger partial charge in [0.15, 0.2) is 5.96 Å². The predicted molar refractivity (Wildman–Crippen MR) is 111 cm³/mol. The van der Waals surface area contributed by atoms with Crippen molar-refractivity contribution in [1.29, 1.82) is 5.41 Å². The van der Waals surface area contributed by atoms with Crippen molar-refractivity contribution in [3.63, 3.8) is 0 Å². The van der Waals surface area contributed by atoms with Gasteiger partial charge in [0, 0.05) is 30.4 Å². The van der Waals surface area contributed by atoms with Crippen LogP contribution in [0, 0.1) is 5.41 Å². The van der Waals surface area contributed by atoms with E-state index in [0.717, 1.165) is 48.5 Å². The van der Waals surface area contributed by atoms with Gasteiger partial charge in [-0.05, 0) is 44.2 Å². The number of guanidine groups is 1. The lowest BCUT2D eigenvalue weighted by Crippen LogP contribution is -2.32. The summed E-state index contributed by atoms with van der Waals surface area (Å²) >= 11 is 1.60. The molecule has 0 spiro atoms. The molecule has 0 amide bonds. The van der Waals surface area contributed by atoms with Gasteiger partial charge in [-0.25, -0.2) is 4.79 Å². The molecule has 144 valence electrons. The molecule has 9 heteroatoms. The van der Waals surface area contributed by atoms with E-state index in [0.29, 0.717) is 12.2 Å². The van der Waals surface area contributed by atoms with Crippen molar-refractivity contribution in [3.05, 3.63) is 40.5 Å². The molecule has 0 fully saturated rings. The molecule has 2 aromatic heterocycles. The van der Waals surface area contributed by atoms with Gasteiger partial charge in [-0.1, -0.05) is 11.6 Å². The van der Waals surface area contributed by atoms with Gasteiger partial charge < -0.3 is 21.4 Å². The van der Waals surface area contributed by atoms with E-state index < -0.39 is 0 Å². The Morgan fingerprint density at radius 3 is 2.96 bits per heavy atom. The highest BCUT2D eigenvalue weighted by molar-refractivity contribution is 7.98. The van der Waals surface area contributed by atoms with Gasteiger partial charge in [0.25, 0.3) is 0 Å². The Balaban J connectivity index is 1.60. The first kappa shape index (κ1) is 19.2. The van der Waals surface area contributed by atoms with Crippen molar-refractivity contribution in [2.24, 2.45) is 5.73 Å². The van der Waals surface area contributed by atoms with Gasteiger partial charge in [-0.15, -0.1) is 11.8 Å². The molecule has 2 heterocycles. The topological polar surface area (TPSA) is 125 Å². The first-order valence-electron chi connectivity index (χ1n) is 8.91. The SMILES string of the molecule is CSc1cc2cn(C3=CC=C(CNCCCNC(=N)N)CC3)c(=O)nc2[nH]1. The summed E-state index contributed by atoms with van der Waals surface area (Å²) in [7, 11) is 0. The lowest BCUT2D eigenvalue weighted by atomic mass is 10.0. The minimum absolute atomic E-state index is 0.00915. The van der Waals surface area contributed by atoms with E-state index in [1.165, 1.54) is 5.57 Å². The van der Waals surface area contributed by atoms with Gasteiger partial charge in [0.2, 0.25) is 0 Å². The highest BCUT2D eigenvalue weighted by atomic mass is 32.2. The minimum atomic E-state index is -0.254. The van der Waals surface area contributed by atoms with Gasteiger partial charge in [-0.2, -0.15) is 4.98 Å². The summed E-state index contributed by atoms with van der Waals surface area (Å²) in [5.74, 6) is 0.00915. The molecular weight excluding hydrogens is 362 g/mol. The minimum Gasteiger partial charge on any atom is -0.370 e. The maximum absolute atomic E-state index is 12.4. The van der Waals surface area contributed by atoms with Crippen molar-refractivity contribution in [2.45, 2.75) is 24.3 Å². The number of thioether (sulfide) groups is 1. The zero-order valence-electron chi connectivity index (χ0n) is 15.3. The number of hydrogen-bond acceptors (Lipinski definition) is 5. The average Bonchev–Trinajstić information content (AvgIpc) is 3.06. The quantitative estimate of drug-likeness (QED) is 0.202. The number of nitrogens with zero attached hydrogens (tertiary/aromatic N) is 2. The summed E-state index contributed by atoms with van der Waals surface area (Å²) < 4.78 is 1.65. The third-order valence-electron chi connectivity index (χ3n) is 4.42. The summed E-state index contributed by atoms with van der Waals surface area (Å²) in [6.45, 7) is 2.38. The number of fused-ring (bicyclic) bond motifs is 1. The number of aromatic amines is 1. The van der Waals surface area contributed by atoms with E-state index in [4.69, 9.17) is 11.1 Å². The molecule has 1 aliphatic rings. The third-order valence-corrected chi connectivity index (χ3v) is 5.08. The van der Waals surface area contributed by atoms with E-state index in [1.807, 2.05) is 24.6 Å². The predicted octanol–water partition coefficient (Wildman–Crippen LogP) is 1.47. The molecule has 27 heavy (non-hydrogen) atoms. The smallest absolute Gasteiger partial charge is 0.353 e. The van der Waals surface area contributed by atoms with Gasteiger partial charge in [-0.3, -0.25) is 9.98 Å². The van der Waals surface area contributed by atoms with Crippen LogP contribution in [0.3, 0.4) is 0 Å². The van der Waals surface area contributed by atoms with E-state index in [9.17, 15) is 4.79 Å². The fourth-order valence-corrected chi connectivity index (χ4v) is 3.43.